The van der Waals surface area contributed by atoms with Gasteiger partial charge in [0, 0.05) is 6.92 Å². The second-order valence-corrected chi connectivity index (χ2v) is 3.09. The Labute approximate surface area is 79.4 Å². The average Bonchev–Trinajstić information content (AvgIpc) is 2.00. The predicted molar refractivity (Wildman–Crippen MR) is 51.3 cm³/mol. The molecule has 0 radical (unpaired) electrons. The highest BCUT2D eigenvalue weighted by molar-refractivity contribution is 5.66. The Morgan fingerprint density at radius 2 is 2.15 bits per heavy atom. The van der Waals surface area contributed by atoms with Gasteiger partial charge in [-0.15, -0.1) is 0 Å². The highest BCUT2D eigenvalue weighted by Gasteiger charge is 2.07. The number of carbonyl (C=O) groups is 1. The summed E-state index contributed by atoms with van der Waals surface area (Å²) >= 11 is 0. The minimum atomic E-state index is -0.428. The number of hydrogen-bond donors (Lipinski definition) is 1. The lowest BCUT2D eigenvalue weighted by Crippen LogP contribution is -2.14. The van der Waals surface area contributed by atoms with Crippen molar-refractivity contribution in [3.63, 3.8) is 0 Å². The van der Waals surface area contributed by atoms with Crippen LogP contribution in [0.1, 0.15) is 33.6 Å². The van der Waals surface area contributed by atoms with Crippen LogP contribution < -0.4 is 0 Å². The second-order valence-electron chi connectivity index (χ2n) is 3.09. The van der Waals surface area contributed by atoms with Gasteiger partial charge in [-0.2, -0.15) is 0 Å². The normalized spacial score (nSPS) is 15.7. The Morgan fingerprint density at radius 1 is 1.54 bits per heavy atom. The third kappa shape index (κ3) is 7.53. The molecule has 76 valence electrons. The highest BCUT2D eigenvalue weighted by atomic mass is 16.5. The quantitative estimate of drug-likeness (QED) is 0.524. The molecule has 0 aliphatic heterocycles. The number of carbonyl (C=O) groups excluding carboxylic acids is 1. The summed E-state index contributed by atoms with van der Waals surface area (Å²) in [7, 11) is 0. The average molecular weight is 186 g/mol. The minimum absolute atomic E-state index is 0.114. The predicted octanol–water partition coefficient (Wildman–Crippen LogP) is 1.66. The summed E-state index contributed by atoms with van der Waals surface area (Å²) in [5, 5.41) is 9.30. The Morgan fingerprint density at radius 3 is 2.62 bits per heavy atom. The van der Waals surface area contributed by atoms with Crippen LogP contribution in [0.3, 0.4) is 0 Å². The fourth-order valence-electron chi connectivity index (χ4n) is 1.07. The smallest absolute Gasteiger partial charge is 0.302 e. The summed E-state index contributed by atoms with van der Waals surface area (Å²) in [6, 6.07) is 0. The molecule has 0 rings (SSSR count). The topological polar surface area (TPSA) is 46.5 Å². The Kier molecular flexibility index (Phi) is 6.24. The Hall–Kier alpha value is -0.830. The maximum absolute atomic E-state index is 10.5. The van der Waals surface area contributed by atoms with E-state index in [1.807, 2.05) is 13.8 Å². The van der Waals surface area contributed by atoms with E-state index in [1.165, 1.54) is 6.92 Å². The van der Waals surface area contributed by atoms with Crippen molar-refractivity contribution >= 4 is 5.97 Å². The zero-order chi connectivity index (χ0) is 10.3. The fraction of sp³-hybridized carbons (Fsp3) is 0.700. The summed E-state index contributed by atoms with van der Waals surface area (Å²) < 4.78 is 4.90. The van der Waals surface area contributed by atoms with E-state index in [9.17, 15) is 9.90 Å². The lowest BCUT2D eigenvalue weighted by Gasteiger charge is -2.12. The molecule has 0 amide bonds. The first-order valence-corrected chi connectivity index (χ1v) is 4.54. The molecule has 0 bridgehead atoms. The molecule has 13 heavy (non-hydrogen) atoms. The SMILES string of the molecule is CC=CC(O)CCC(C)OC(C)=O. The van der Waals surface area contributed by atoms with Crippen LogP contribution in [0.5, 0.6) is 0 Å². The van der Waals surface area contributed by atoms with Gasteiger partial charge in [0.15, 0.2) is 0 Å². The van der Waals surface area contributed by atoms with Crippen molar-refractivity contribution in [2.75, 3.05) is 0 Å². The first kappa shape index (κ1) is 12.2. The number of ether oxygens (including phenoxy) is 1. The molecule has 0 spiro atoms. The van der Waals surface area contributed by atoms with Crippen molar-refractivity contribution in [3.8, 4) is 0 Å². The molecule has 0 aliphatic rings. The molecule has 0 aromatic rings. The fourth-order valence-corrected chi connectivity index (χ4v) is 1.07. The van der Waals surface area contributed by atoms with E-state index in [1.54, 1.807) is 12.2 Å². The van der Waals surface area contributed by atoms with Crippen molar-refractivity contribution in [2.45, 2.75) is 45.8 Å². The van der Waals surface area contributed by atoms with Gasteiger partial charge in [0.2, 0.25) is 0 Å². The molecule has 0 fully saturated rings. The maximum atomic E-state index is 10.5. The molecule has 2 unspecified atom stereocenters. The van der Waals surface area contributed by atoms with Crippen LogP contribution in [0.15, 0.2) is 12.2 Å². The number of hydrogen-bond acceptors (Lipinski definition) is 3. The van der Waals surface area contributed by atoms with E-state index in [0.717, 1.165) is 0 Å². The van der Waals surface area contributed by atoms with Crippen molar-refractivity contribution in [2.24, 2.45) is 0 Å². The van der Waals surface area contributed by atoms with Crippen LogP contribution in [0, 0.1) is 0 Å². The molecule has 0 aliphatic carbocycles. The van der Waals surface area contributed by atoms with E-state index >= 15 is 0 Å². The summed E-state index contributed by atoms with van der Waals surface area (Å²) in [6.45, 7) is 5.07. The molecule has 3 nitrogen and oxygen atoms in total. The molecule has 0 aromatic carbocycles. The molecule has 3 heteroatoms. The van der Waals surface area contributed by atoms with Crippen LogP contribution in [0.2, 0.25) is 0 Å². The molecule has 0 heterocycles. The molecular formula is C10H18O3. The largest absolute Gasteiger partial charge is 0.463 e. The van der Waals surface area contributed by atoms with Crippen molar-refractivity contribution in [1.29, 1.82) is 0 Å². The van der Waals surface area contributed by atoms with Gasteiger partial charge in [-0.05, 0) is 26.7 Å². The standard InChI is InChI=1S/C10H18O3/c1-4-5-10(12)7-6-8(2)13-9(3)11/h4-5,8,10,12H,6-7H2,1-3H3. The lowest BCUT2D eigenvalue weighted by molar-refractivity contribution is -0.145. The van der Waals surface area contributed by atoms with Crippen molar-refractivity contribution in [1.82, 2.24) is 0 Å². The Bertz CT molecular complexity index is 175. The number of rotatable bonds is 5. The van der Waals surface area contributed by atoms with Gasteiger partial charge >= 0.3 is 5.97 Å². The van der Waals surface area contributed by atoms with E-state index < -0.39 is 6.10 Å². The summed E-state index contributed by atoms with van der Waals surface area (Å²) in [6.07, 6.45) is 4.30. The third-order valence-corrected chi connectivity index (χ3v) is 1.65. The van der Waals surface area contributed by atoms with Crippen molar-refractivity contribution < 1.29 is 14.6 Å². The second kappa shape index (κ2) is 6.66. The van der Waals surface area contributed by atoms with Gasteiger partial charge in [-0.3, -0.25) is 4.79 Å². The monoisotopic (exact) mass is 186 g/mol. The van der Waals surface area contributed by atoms with Gasteiger partial charge in [0.25, 0.3) is 0 Å². The lowest BCUT2D eigenvalue weighted by atomic mass is 10.1. The number of esters is 1. The van der Waals surface area contributed by atoms with Gasteiger partial charge in [-0.1, -0.05) is 12.2 Å². The Balaban J connectivity index is 3.57. The van der Waals surface area contributed by atoms with Gasteiger partial charge in [0.05, 0.1) is 12.2 Å². The van der Waals surface area contributed by atoms with E-state index in [4.69, 9.17) is 4.74 Å². The maximum Gasteiger partial charge on any atom is 0.302 e. The van der Waals surface area contributed by atoms with Gasteiger partial charge in [0.1, 0.15) is 0 Å². The van der Waals surface area contributed by atoms with Crippen LogP contribution in [0.4, 0.5) is 0 Å². The first-order valence-electron chi connectivity index (χ1n) is 4.54. The van der Waals surface area contributed by atoms with E-state index in [2.05, 4.69) is 0 Å². The molecule has 0 aromatic heterocycles. The van der Waals surface area contributed by atoms with Crippen LogP contribution in [0.25, 0.3) is 0 Å². The molecular weight excluding hydrogens is 168 g/mol. The molecule has 1 N–H and O–H groups in total. The van der Waals surface area contributed by atoms with Gasteiger partial charge in [-0.25, -0.2) is 0 Å². The number of aliphatic hydroxyl groups excluding tert-OH is 1. The third-order valence-electron chi connectivity index (χ3n) is 1.65. The number of aliphatic hydroxyl groups is 1. The first-order chi connectivity index (χ1) is 6.06. The summed E-state index contributed by atoms with van der Waals surface area (Å²) in [4.78, 5) is 10.5. The van der Waals surface area contributed by atoms with E-state index in [-0.39, 0.29) is 12.1 Å². The zero-order valence-electron chi connectivity index (χ0n) is 8.49. The summed E-state index contributed by atoms with van der Waals surface area (Å²) in [5.41, 5.74) is 0. The van der Waals surface area contributed by atoms with E-state index in [0.29, 0.717) is 12.8 Å². The number of allylic oxidation sites excluding steroid dienone is 1. The minimum Gasteiger partial charge on any atom is -0.463 e. The summed E-state index contributed by atoms with van der Waals surface area (Å²) in [5.74, 6) is -0.270. The van der Waals surface area contributed by atoms with Crippen molar-refractivity contribution in [3.05, 3.63) is 12.2 Å². The molecule has 0 saturated carbocycles. The van der Waals surface area contributed by atoms with Crippen LogP contribution in [-0.4, -0.2) is 23.3 Å². The van der Waals surface area contributed by atoms with Crippen LogP contribution in [-0.2, 0) is 9.53 Å². The molecule has 0 saturated heterocycles. The van der Waals surface area contributed by atoms with Gasteiger partial charge < -0.3 is 9.84 Å². The molecule has 2 atom stereocenters. The zero-order valence-corrected chi connectivity index (χ0v) is 8.49. The van der Waals surface area contributed by atoms with Crippen LogP contribution >= 0.6 is 0 Å². The highest BCUT2D eigenvalue weighted by Crippen LogP contribution is 2.05.